The van der Waals surface area contributed by atoms with Gasteiger partial charge in [0.15, 0.2) is 5.75 Å². The molecule has 3 aromatic rings. The lowest BCUT2D eigenvalue weighted by atomic mass is 10.3. The molecular weight excluding hydrogens is 376 g/mol. The third-order valence-corrected chi connectivity index (χ3v) is 5.65. The Morgan fingerprint density at radius 1 is 0.739 bits per heavy atom. The highest BCUT2D eigenvalue weighted by atomic mass is 79.9. The summed E-state index contributed by atoms with van der Waals surface area (Å²) in [6, 6.07) is 22.4. The Morgan fingerprint density at radius 2 is 1.35 bits per heavy atom. The maximum absolute atomic E-state index is 12.9. The van der Waals surface area contributed by atoms with Crippen LogP contribution < -0.4 is 4.74 Å². The Labute approximate surface area is 143 Å². The Bertz CT molecular complexity index is 908. The van der Waals surface area contributed by atoms with Crippen molar-refractivity contribution in [2.45, 2.75) is 9.79 Å². The standard InChI is InChI=1S/C18H13BrO3S/c19-16-12-7-13-17(18(16)22-14-8-3-1-4-9-14)23(20,21)15-10-5-2-6-11-15/h1-13H. The third kappa shape index (κ3) is 3.30. The molecule has 0 amide bonds. The average Bonchev–Trinajstić information content (AvgIpc) is 2.58. The molecule has 0 aliphatic rings. The van der Waals surface area contributed by atoms with E-state index in [9.17, 15) is 8.42 Å². The maximum atomic E-state index is 12.9. The number of hydrogen-bond acceptors (Lipinski definition) is 3. The molecule has 3 aromatic carbocycles. The van der Waals surface area contributed by atoms with Gasteiger partial charge in [0, 0.05) is 0 Å². The monoisotopic (exact) mass is 388 g/mol. The number of benzene rings is 3. The van der Waals surface area contributed by atoms with Crippen molar-refractivity contribution in [2.75, 3.05) is 0 Å². The Kier molecular flexibility index (Phi) is 4.50. The molecule has 3 rings (SSSR count). The molecule has 0 heterocycles. The highest BCUT2D eigenvalue weighted by Crippen LogP contribution is 2.38. The first-order valence-electron chi connectivity index (χ1n) is 6.90. The highest BCUT2D eigenvalue weighted by Gasteiger charge is 2.24. The van der Waals surface area contributed by atoms with Gasteiger partial charge in [0.25, 0.3) is 0 Å². The van der Waals surface area contributed by atoms with Gasteiger partial charge in [-0.05, 0) is 52.3 Å². The minimum absolute atomic E-state index is 0.127. The van der Waals surface area contributed by atoms with Crippen LogP contribution in [0.2, 0.25) is 0 Å². The molecule has 0 unspecified atom stereocenters. The fraction of sp³-hybridized carbons (Fsp3) is 0. The van der Waals surface area contributed by atoms with E-state index in [4.69, 9.17) is 4.74 Å². The molecule has 0 aromatic heterocycles. The SMILES string of the molecule is O=S(=O)(c1ccccc1)c1cccc(Br)c1Oc1ccccc1. The number of rotatable bonds is 4. The second-order valence-corrected chi connectivity index (χ2v) is 7.57. The Hall–Kier alpha value is -2.11. The van der Waals surface area contributed by atoms with E-state index >= 15 is 0 Å². The molecule has 0 spiro atoms. The number of ether oxygens (including phenoxy) is 1. The van der Waals surface area contributed by atoms with Crippen LogP contribution >= 0.6 is 15.9 Å². The quantitative estimate of drug-likeness (QED) is 0.626. The van der Waals surface area contributed by atoms with Gasteiger partial charge in [0.2, 0.25) is 9.84 Å². The zero-order valence-corrected chi connectivity index (χ0v) is 14.4. The van der Waals surface area contributed by atoms with Gasteiger partial charge in [0.05, 0.1) is 9.37 Å². The number of hydrogen-bond donors (Lipinski definition) is 0. The topological polar surface area (TPSA) is 43.4 Å². The van der Waals surface area contributed by atoms with Gasteiger partial charge >= 0.3 is 0 Å². The van der Waals surface area contributed by atoms with E-state index in [1.807, 2.05) is 18.2 Å². The van der Waals surface area contributed by atoms with Crippen molar-refractivity contribution < 1.29 is 13.2 Å². The molecule has 0 aliphatic carbocycles. The van der Waals surface area contributed by atoms with Crippen LogP contribution in [-0.2, 0) is 9.84 Å². The van der Waals surface area contributed by atoms with Gasteiger partial charge in [-0.1, -0.05) is 42.5 Å². The minimum Gasteiger partial charge on any atom is -0.455 e. The Balaban J connectivity index is 2.12. The van der Waals surface area contributed by atoms with Crippen molar-refractivity contribution in [3.63, 3.8) is 0 Å². The molecule has 0 aliphatic heterocycles. The van der Waals surface area contributed by atoms with Gasteiger partial charge < -0.3 is 4.74 Å². The molecule has 0 bridgehead atoms. The summed E-state index contributed by atoms with van der Waals surface area (Å²) in [5.74, 6) is 0.853. The highest BCUT2D eigenvalue weighted by molar-refractivity contribution is 9.10. The van der Waals surface area contributed by atoms with Crippen molar-refractivity contribution in [2.24, 2.45) is 0 Å². The normalized spacial score (nSPS) is 11.2. The van der Waals surface area contributed by atoms with Crippen molar-refractivity contribution in [1.29, 1.82) is 0 Å². The van der Waals surface area contributed by atoms with Gasteiger partial charge in [-0.25, -0.2) is 8.42 Å². The molecule has 0 saturated carbocycles. The molecule has 0 fully saturated rings. The average molecular weight is 389 g/mol. The fourth-order valence-electron chi connectivity index (χ4n) is 2.13. The van der Waals surface area contributed by atoms with Gasteiger partial charge in [0.1, 0.15) is 10.6 Å². The lowest BCUT2D eigenvalue weighted by molar-refractivity contribution is 0.464. The number of halogens is 1. The van der Waals surface area contributed by atoms with E-state index < -0.39 is 9.84 Å². The summed E-state index contributed by atoms with van der Waals surface area (Å²) in [5.41, 5.74) is 0. The van der Waals surface area contributed by atoms with E-state index in [1.54, 1.807) is 60.7 Å². The smallest absolute Gasteiger partial charge is 0.210 e. The van der Waals surface area contributed by atoms with Crippen LogP contribution in [0.15, 0.2) is 93.1 Å². The summed E-state index contributed by atoms with van der Waals surface area (Å²) in [7, 11) is -3.67. The van der Waals surface area contributed by atoms with Gasteiger partial charge in [-0.3, -0.25) is 0 Å². The van der Waals surface area contributed by atoms with Crippen LogP contribution in [0, 0.1) is 0 Å². The third-order valence-electron chi connectivity index (χ3n) is 3.24. The summed E-state index contributed by atoms with van der Waals surface area (Å²) in [4.78, 5) is 0.359. The van der Waals surface area contributed by atoms with Crippen LogP contribution in [-0.4, -0.2) is 8.42 Å². The van der Waals surface area contributed by atoms with Crippen LogP contribution in [0.25, 0.3) is 0 Å². The molecule has 3 nitrogen and oxygen atoms in total. The molecule has 0 N–H and O–H groups in total. The Morgan fingerprint density at radius 3 is 2.00 bits per heavy atom. The van der Waals surface area contributed by atoms with Crippen molar-refractivity contribution >= 4 is 25.8 Å². The van der Waals surface area contributed by atoms with Crippen LogP contribution in [0.1, 0.15) is 0 Å². The van der Waals surface area contributed by atoms with Crippen LogP contribution in [0.4, 0.5) is 0 Å². The molecule has 116 valence electrons. The van der Waals surface area contributed by atoms with E-state index in [-0.39, 0.29) is 15.5 Å². The molecule has 23 heavy (non-hydrogen) atoms. The van der Waals surface area contributed by atoms with E-state index in [0.29, 0.717) is 10.2 Å². The fourth-order valence-corrected chi connectivity index (χ4v) is 4.13. The van der Waals surface area contributed by atoms with Gasteiger partial charge in [-0.2, -0.15) is 0 Å². The predicted octanol–water partition coefficient (Wildman–Crippen LogP) is 5.07. The number of sulfone groups is 1. The van der Waals surface area contributed by atoms with Crippen molar-refractivity contribution in [1.82, 2.24) is 0 Å². The zero-order valence-electron chi connectivity index (χ0n) is 12.0. The minimum atomic E-state index is -3.67. The molecule has 0 atom stereocenters. The summed E-state index contributed by atoms with van der Waals surface area (Å²) in [6.07, 6.45) is 0. The van der Waals surface area contributed by atoms with E-state index in [0.717, 1.165) is 0 Å². The van der Waals surface area contributed by atoms with Crippen LogP contribution in [0.3, 0.4) is 0 Å². The largest absolute Gasteiger partial charge is 0.455 e. The zero-order chi connectivity index (χ0) is 16.3. The lowest BCUT2D eigenvalue weighted by Crippen LogP contribution is -2.04. The number of para-hydroxylation sites is 2. The maximum Gasteiger partial charge on any atom is 0.210 e. The van der Waals surface area contributed by atoms with Crippen LogP contribution in [0.5, 0.6) is 11.5 Å². The predicted molar refractivity (Wildman–Crippen MR) is 92.6 cm³/mol. The first-order valence-corrected chi connectivity index (χ1v) is 9.18. The molecule has 0 saturated heterocycles. The molecule has 5 heteroatoms. The van der Waals surface area contributed by atoms with Crippen molar-refractivity contribution in [3.8, 4) is 11.5 Å². The first kappa shape index (κ1) is 15.8. The second kappa shape index (κ2) is 6.56. The van der Waals surface area contributed by atoms with Crippen molar-refractivity contribution in [3.05, 3.63) is 83.3 Å². The second-order valence-electron chi connectivity index (χ2n) is 4.80. The van der Waals surface area contributed by atoms with Gasteiger partial charge in [-0.15, -0.1) is 0 Å². The summed E-state index contributed by atoms with van der Waals surface area (Å²) in [5, 5.41) is 0. The summed E-state index contributed by atoms with van der Waals surface area (Å²) in [6.45, 7) is 0. The lowest BCUT2D eigenvalue weighted by Gasteiger charge is -2.13. The summed E-state index contributed by atoms with van der Waals surface area (Å²) < 4.78 is 32.2. The van der Waals surface area contributed by atoms with E-state index in [2.05, 4.69) is 15.9 Å². The summed E-state index contributed by atoms with van der Waals surface area (Å²) >= 11 is 3.38. The molecular formula is C18H13BrO3S. The first-order chi connectivity index (χ1) is 11.1. The van der Waals surface area contributed by atoms with E-state index in [1.165, 1.54) is 0 Å². The molecule has 0 radical (unpaired) electrons.